The lowest BCUT2D eigenvalue weighted by Gasteiger charge is -2.20. The Morgan fingerprint density at radius 2 is 1.89 bits per heavy atom. The minimum atomic E-state index is -1.77. The van der Waals surface area contributed by atoms with Crippen LogP contribution in [0.2, 0.25) is 0 Å². The third-order valence-corrected chi connectivity index (χ3v) is 4.12. The van der Waals surface area contributed by atoms with Gasteiger partial charge in [0, 0.05) is 6.92 Å². The van der Waals surface area contributed by atoms with Crippen molar-refractivity contribution in [1.29, 1.82) is 0 Å². The summed E-state index contributed by atoms with van der Waals surface area (Å²) in [6.07, 6.45) is 0.753. The van der Waals surface area contributed by atoms with Gasteiger partial charge in [-0.05, 0) is 38.3 Å². The van der Waals surface area contributed by atoms with Crippen LogP contribution in [-0.4, -0.2) is 33.5 Å². The summed E-state index contributed by atoms with van der Waals surface area (Å²) >= 11 is 0. The van der Waals surface area contributed by atoms with Crippen LogP contribution in [0.3, 0.4) is 0 Å². The van der Waals surface area contributed by atoms with Crippen molar-refractivity contribution in [2.75, 3.05) is 17.2 Å². The van der Waals surface area contributed by atoms with Gasteiger partial charge >= 0.3 is 0 Å². The fourth-order valence-corrected chi connectivity index (χ4v) is 2.45. The predicted molar refractivity (Wildman–Crippen MR) is 107 cm³/mol. The number of amides is 1. The third-order valence-electron chi connectivity index (χ3n) is 4.12. The Kier molecular flexibility index (Phi) is 7.39. The Labute approximate surface area is 165 Å². The molecule has 28 heavy (non-hydrogen) atoms. The number of ether oxygens (including phenoxy) is 1. The number of carbonyl (C=O) groups is 1. The largest absolute Gasteiger partial charge is 0.375 e. The van der Waals surface area contributed by atoms with E-state index in [1.54, 1.807) is 0 Å². The highest BCUT2D eigenvalue weighted by atomic mass is 19.1. The van der Waals surface area contributed by atoms with E-state index >= 15 is 0 Å². The maximum Gasteiger partial charge on any atom is 0.234 e. The highest BCUT2D eigenvalue weighted by molar-refractivity contribution is 5.86. The van der Waals surface area contributed by atoms with E-state index < -0.39 is 5.67 Å². The van der Waals surface area contributed by atoms with Gasteiger partial charge in [-0.2, -0.15) is 15.0 Å². The lowest BCUT2D eigenvalue weighted by Crippen LogP contribution is -2.27. The van der Waals surface area contributed by atoms with Crippen molar-refractivity contribution < 1.29 is 13.9 Å². The van der Waals surface area contributed by atoms with Crippen molar-refractivity contribution in [2.24, 2.45) is 0 Å². The molecule has 1 heterocycles. The van der Waals surface area contributed by atoms with E-state index in [0.29, 0.717) is 13.2 Å². The third kappa shape index (κ3) is 6.53. The number of hydrogen-bond donors (Lipinski definition) is 2. The van der Waals surface area contributed by atoms with Crippen LogP contribution < -0.4 is 10.6 Å². The SMILES string of the molecule is CCC(COCc1ccccc1C)Nc1nc(NC(C)=O)nc(C(C)(C)F)n1. The molecule has 1 unspecified atom stereocenters. The number of anilines is 2. The van der Waals surface area contributed by atoms with Crippen LogP contribution >= 0.6 is 0 Å². The fourth-order valence-electron chi connectivity index (χ4n) is 2.45. The second-order valence-electron chi connectivity index (χ2n) is 7.15. The van der Waals surface area contributed by atoms with Crippen molar-refractivity contribution in [2.45, 2.75) is 59.4 Å². The second kappa shape index (κ2) is 9.54. The molecule has 1 amide bonds. The smallest absolute Gasteiger partial charge is 0.234 e. The molecule has 0 aliphatic carbocycles. The molecule has 1 atom stereocenters. The Bertz CT molecular complexity index is 807. The number of nitrogens with zero attached hydrogens (tertiary/aromatic N) is 3. The van der Waals surface area contributed by atoms with Crippen LogP contribution in [0.1, 0.15) is 51.1 Å². The molecule has 0 saturated heterocycles. The summed E-state index contributed by atoms with van der Waals surface area (Å²) in [6.45, 7) is 9.03. The van der Waals surface area contributed by atoms with Gasteiger partial charge in [-0.3, -0.25) is 10.1 Å². The number of hydrogen-bond acceptors (Lipinski definition) is 6. The maximum absolute atomic E-state index is 14.3. The highest BCUT2D eigenvalue weighted by Crippen LogP contribution is 2.23. The zero-order valence-corrected chi connectivity index (χ0v) is 17.0. The molecule has 0 saturated carbocycles. The van der Waals surface area contributed by atoms with Gasteiger partial charge in [0.25, 0.3) is 0 Å². The molecule has 2 aromatic rings. The summed E-state index contributed by atoms with van der Waals surface area (Å²) in [5.41, 5.74) is 0.540. The van der Waals surface area contributed by atoms with E-state index in [9.17, 15) is 9.18 Å². The standard InChI is InChI=1S/C20H28FN5O2/c1-6-16(12-28-11-15-10-8-7-9-13(15)2)23-19-25-17(20(4,5)21)24-18(26-19)22-14(3)27/h7-10,16H,6,11-12H2,1-5H3,(H2,22,23,24,25,26,27). The van der Waals surface area contributed by atoms with Gasteiger partial charge in [0.1, 0.15) is 0 Å². The molecule has 0 aliphatic heterocycles. The molecule has 0 spiro atoms. The van der Waals surface area contributed by atoms with E-state index in [1.165, 1.54) is 26.3 Å². The molecule has 2 rings (SSSR count). The first kappa shape index (κ1) is 21.7. The molecule has 1 aromatic heterocycles. The maximum atomic E-state index is 14.3. The number of carbonyl (C=O) groups excluding carboxylic acids is 1. The summed E-state index contributed by atoms with van der Waals surface area (Å²) in [5, 5.41) is 5.63. The van der Waals surface area contributed by atoms with E-state index in [-0.39, 0.29) is 29.7 Å². The molecule has 0 fully saturated rings. The van der Waals surface area contributed by atoms with Crippen LogP contribution in [0.25, 0.3) is 0 Å². The predicted octanol–water partition coefficient (Wildman–Crippen LogP) is 3.75. The molecule has 0 radical (unpaired) electrons. The Balaban J connectivity index is 2.07. The summed E-state index contributed by atoms with van der Waals surface area (Å²) in [4.78, 5) is 23.6. The average Bonchev–Trinajstić information content (AvgIpc) is 2.61. The summed E-state index contributed by atoms with van der Waals surface area (Å²) < 4.78 is 20.2. The van der Waals surface area contributed by atoms with E-state index in [1.807, 2.05) is 38.1 Å². The Hall–Kier alpha value is -2.61. The van der Waals surface area contributed by atoms with Gasteiger partial charge in [0.15, 0.2) is 11.5 Å². The van der Waals surface area contributed by atoms with E-state index in [4.69, 9.17) is 4.74 Å². The van der Waals surface area contributed by atoms with Crippen molar-refractivity contribution in [3.05, 3.63) is 41.2 Å². The van der Waals surface area contributed by atoms with Crippen LogP contribution in [-0.2, 0) is 21.8 Å². The molecule has 0 aliphatic rings. The first-order valence-electron chi connectivity index (χ1n) is 9.31. The number of aromatic nitrogens is 3. The minimum Gasteiger partial charge on any atom is -0.375 e. The van der Waals surface area contributed by atoms with E-state index in [0.717, 1.165) is 12.0 Å². The van der Waals surface area contributed by atoms with Crippen LogP contribution in [0, 0.1) is 6.92 Å². The molecule has 2 N–H and O–H groups in total. The van der Waals surface area contributed by atoms with Crippen molar-refractivity contribution in [1.82, 2.24) is 15.0 Å². The van der Waals surface area contributed by atoms with E-state index in [2.05, 4.69) is 25.6 Å². The van der Waals surface area contributed by atoms with Gasteiger partial charge in [-0.1, -0.05) is 31.2 Å². The van der Waals surface area contributed by atoms with Gasteiger partial charge in [0.05, 0.1) is 19.3 Å². The van der Waals surface area contributed by atoms with Crippen LogP contribution in [0.15, 0.2) is 24.3 Å². The molecule has 1 aromatic carbocycles. The number of aryl methyl sites for hydroxylation is 1. The Morgan fingerprint density at radius 1 is 1.21 bits per heavy atom. The first-order valence-corrected chi connectivity index (χ1v) is 9.31. The molecule has 152 valence electrons. The number of halogens is 1. The van der Waals surface area contributed by atoms with Gasteiger partial charge in [0.2, 0.25) is 17.8 Å². The highest BCUT2D eigenvalue weighted by Gasteiger charge is 2.25. The number of benzene rings is 1. The van der Waals surface area contributed by atoms with Crippen LogP contribution in [0.4, 0.5) is 16.3 Å². The van der Waals surface area contributed by atoms with Crippen molar-refractivity contribution in [3.8, 4) is 0 Å². The van der Waals surface area contributed by atoms with Gasteiger partial charge in [-0.25, -0.2) is 4.39 Å². The lowest BCUT2D eigenvalue weighted by molar-refractivity contribution is -0.114. The minimum absolute atomic E-state index is 0.0152. The molecule has 7 nitrogen and oxygen atoms in total. The van der Waals surface area contributed by atoms with Crippen molar-refractivity contribution in [3.63, 3.8) is 0 Å². The quantitative estimate of drug-likeness (QED) is 0.679. The first-order chi connectivity index (χ1) is 13.2. The second-order valence-corrected chi connectivity index (χ2v) is 7.15. The number of nitrogens with one attached hydrogen (secondary N) is 2. The fraction of sp³-hybridized carbons (Fsp3) is 0.500. The monoisotopic (exact) mass is 389 g/mol. The van der Waals surface area contributed by atoms with Crippen LogP contribution in [0.5, 0.6) is 0 Å². The summed E-state index contributed by atoms with van der Waals surface area (Å²) in [6, 6.07) is 7.98. The zero-order chi connectivity index (χ0) is 20.7. The average molecular weight is 389 g/mol. The lowest BCUT2D eigenvalue weighted by atomic mass is 10.1. The summed E-state index contributed by atoms with van der Waals surface area (Å²) in [7, 11) is 0. The number of alkyl halides is 1. The molecule has 8 heteroatoms. The van der Waals surface area contributed by atoms with Gasteiger partial charge < -0.3 is 10.1 Å². The Morgan fingerprint density at radius 3 is 2.50 bits per heavy atom. The molecule has 0 bridgehead atoms. The molecular weight excluding hydrogens is 361 g/mol. The number of rotatable bonds is 9. The topological polar surface area (TPSA) is 89.0 Å². The summed E-state index contributed by atoms with van der Waals surface area (Å²) in [5.74, 6) is -0.176. The molecular formula is C20H28FN5O2. The van der Waals surface area contributed by atoms with Crippen molar-refractivity contribution >= 4 is 17.8 Å². The normalized spacial score (nSPS) is 12.5. The van der Waals surface area contributed by atoms with Gasteiger partial charge in [-0.15, -0.1) is 0 Å². The zero-order valence-electron chi connectivity index (χ0n) is 17.0.